The Labute approximate surface area is 340 Å². The molecule has 0 aliphatic heterocycles. The van der Waals surface area contributed by atoms with Crippen molar-refractivity contribution in [2.75, 3.05) is 27.6 Å². The number of methoxy groups -OCH3 is 2. The molecule has 312 valence electrons. The van der Waals surface area contributed by atoms with Crippen molar-refractivity contribution >= 4 is 36.2 Å². The quantitative estimate of drug-likeness (QED) is 0.0339. The first kappa shape index (κ1) is 49.4. The summed E-state index contributed by atoms with van der Waals surface area (Å²) in [6.45, 7) is 24.9. The van der Waals surface area contributed by atoms with Gasteiger partial charge in [0.1, 0.15) is 12.5 Å². The maximum atomic E-state index is 13.1. The summed E-state index contributed by atoms with van der Waals surface area (Å²) in [6, 6.07) is 17.1. The molecule has 0 aromatic heterocycles. The van der Waals surface area contributed by atoms with E-state index in [0.29, 0.717) is 32.5 Å². The van der Waals surface area contributed by atoms with E-state index in [-0.39, 0.29) is 42.2 Å². The molecule has 0 spiro atoms. The van der Waals surface area contributed by atoms with Gasteiger partial charge in [-0.15, -0.1) is 0 Å². The van der Waals surface area contributed by atoms with E-state index in [2.05, 4.69) is 107 Å². The number of hydrogen-bond donors (Lipinski definition) is 0. The Kier molecular flexibility index (Phi) is 20.1. The molecule has 0 bridgehead atoms. The zero-order valence-corrected chi connectivity index (χ0v) is 41.2. The molecule has 2 aromatic carbocycles. The van der Waals surface area contributed by atoms with E-state index < -0.39 is 38.2 Å². The van der Waals surface area contributed by atoms with Gasteiger partial charge < -0.3 is 18.9 Å². The number of rotatable bonds is 24. The van der Waals surface area contributed by atoms with Crippen LogP contribution in [0.3, 0.4) is 0 Å². The van der Waals surface area contributed by atoms with E-state index >= 15 is 0 Å². The Morgan fingerprint density at radius 2 is 1.51 bits per heavy atom. The Balaban J connectivity index is 2.60. The predicted molar refractivity (Wildman–Crippen MR) is 231 cm³/mol. The first-order chi connectivity index (χ1) is 25.6. The fraction of sp³-hybridized carbons (Fsp3) is 0.667. The molecule has 8 nitrogen and oxygen atoms in total. The van der Waals surface area contributed by atoms with Crippen molar-refractivity contribution in [3.05, 3.63) is 71.3 Å². The van der Waals surface area contributed by atoms with Crippen LogP contribution < -0.4 is 8.32 Å². The monoisotopic (exact) mass is 892 g/mol. The van der Waals surface area contributed by atoms with E-state index in [1.165, 1.54) is 3.58 Å². The third kappa shape index (κ3) is 16.2. The molecule has 10 heteroatoms. The summed E-state index contributed by atoms with van der Waals surface area (Å²) in [7, 11) is 0.998. The Hall–Kier alpha value is -1.73. The molecule has 0 saturated heterocycles. The molecule has 5 atom stereocenters. The van der Waals surface area contributed by atoms with Crippen molar-refractivity contribution in [3.8, 4) is 5.75 Å². The van der Waals surface area contributed by atoms with Crippen molar-refractivity contribution in [1.82, 2.24) is 0 Å². The van der Waals surface area contributed by atoms with Crippen molar-refractivity contribution < 1.29 is 37.6 Å². The van der Waals surface area contributed by atoms with Crippen LogP contribution in [-0.2, 0) is 44.9 Å². The average molecular weight is 892 g/mol. The summed E-state index contributed by atoms with van der Waals surface area (Å²) < 4.78 is 44.2. The third-order valence-electron chi connectivity index (χ3n) is 11.3. The molecule has 0 aliphatic rings. The summed E-state index contributed by atoms with van der Waals surface area (Å²) in [6.07, 6.45) is 3.36. The summed E-state index contributed by atoms with van der Waals surface area (Å²) in [4.78, 5) is 20.4. The summed E-state index contributed by atoms with van der Waals surface area (Å²) in [5.41, 5.74) is 2.86. The average Bonchev–Trinajstić information content (AvgIpc) is 3.12. The maximum absolute atomic E-state index is 13.1. The molecule has 0 N–H and O–H groups in total. The molecule has 55 heavy (non-hydrogen) atoms. The Morgan fingerprint density at radius 1 is 0.891 bits per heavy atom. The molecular formula is C45H76O8SiSn. The number of carbonyl (C=O) groups is 1. The molecule has 2 rings (SSSR count). The van der Waals surface area contributed by atoms with Crippen LogP contribution >= 0.6 is 0 Å². The van der Waals surface area contributed by atoms with Crippen LogP contribution in [0, 0.1) is 5.92 Å². The van der Waals surface area contributed by atoms with Gasteiger partial charge >= 0.3 is 227 Å². The number of benzene rings is 2. The number of hydrogen-bond acceptors (Lipinski definition) is 8. The number of esters is 1. The Bertz CT molecular complexity index is 1440. The van der Waals surface area contributed by atoms with Crippen LogP contribution in [0.1, 0.15) is 99.1 Å². The molecule has 2 aromatic rings. The van der Waals surface area contributed by atoms with Crippen molar-refractivity contribution in [2.45, 2.75) is 158 Å². The van der Waals surface area contributed by atoms with Gasteiger partial charge in [0.15, 0.2) is 6.29 Å². The fourth-order valence-corrected chi connectivity index (χ4v) is 10.8. The summed E-state index contributed by atoms with van der Waals surface area (Å²) in [5, 5.41) is -0.0254. The van der Waals surface area contributed by atoms with E-state index in [0.717, 1.165) is 28.9 Å². The normalized spacial score (nSPS) is 16.0. The van der Waals surface area contributed by atoms with Crippen molar-refractivity contribution in [2.24, 2.45) is 5.92 Å². The second-order valence-corrected chi connectivity index (χ2v) is 37.3. The van der Waals surface area contributed by atoms with Gasteiger partial charge in [-0.3, -0.25) is 0 Å². The SMILES string of the molecule is CCC(=O)O[C@@H](C[C@@H](C[C@H](OCc1ccc(OC)cc1)/C(C)=C\[C@@H](CC)COCOC(C)OC)O[Si](C)(C)C(C)(C)C)C(C)(C)c1cc[c]([Sn]([CH3])([CH3])[CH3])cc1. The van der Waals surface area contributed by atoms with Crippen molar-refractivity contribution in [1.29, 1.82) is 0 Å². The standard InChI is InChI=1S/C42H67O8Si.3CH3.Sn/c1-14-33(28-46-30-48-32(4)44-10)25-31(3)38(47-29-34-21-23-36(45-11)24-22-34)26-37(50-51(12,13)41(5,6)7)27-39(49-40(43)15-2)42(8,9)35-19-17-16-18-20-35;;;;/h17-25,32-33,37-39H,14-15,26-30H2,1-13H3;3*1H3;/b31-25-;;;;/t32?,33-,37-,38+,39+;;;;/m1..../s1. The van der Waals surface area contributed by atoms with Crippen LogP contribution in [0.5, 0.6) is 5.75 Å². The molecule has 0 saturated carbocycles. The molecule has 0 aliphatic carbocycles. The van der Waals surface area contributed by atoms with Crippen LogP contribution in [0.15, 0.2) is 60.2 Å². The zero-order valence-electron chi connectivity index (χ0n) is 37.3. The third-order valence-corrected chi connectivity index (χ3v) is 21.7. The van der Waals surface area contributed by atoms with Gasteiger partial charge in [0.05, 0.1) is 13.7 Å². The van der Waals surface area contributed by atoms with Gasteiger partial charge in [0.25, 0.3) is 0 Å². The first-order valence-corrected chi connectivity index (χ1v) is 33.1. The first-order valence-electron chi connectivity index (χ1n) is 20.2. The number of ether oxygens (including phenoxy) is 6. The minimum absolute atomic E-state index is 0.0254. The van der Waals surface area contributed by atoms with Gasteiger partial charge in [0, 0.05) is 13.0 Å². The second-order valence-electron chi connectivity index (χ2n) is 18.0. The van der Waals surface area contributed by atoms with E-state index in [9.17, 15) is 4.79 Å². The second kappa shape index (κ2) is 22.4. The van der Waals surface area contributed by atoms with E-state index in [1.807, 2.05) is 38.1 Å². The van der Waals surface area contributed by atoms with Crippen LogP contribution in [0.2, 0.25) is 33.0 Å². The van der Waals surface area contributed by atoms with Crippen LogP contribution in [0.25, 0.3) is 0 Å². The molecule has 0 fully saturated rings. The predicted octanol–water partition coefficient (Wildman–Crippen LogP) is 10.6. The molecule has 0 radical (unpaired) electrons. The zero-order chi connectivity index (χ0) is 41.6. The van der Waals surface area contributed by atoms with E-state index in [4.69, 9.17) is 32.8 Å². The fourth-order valence-electron chi connectivity index (χ4n) is 6.06. The minimum atomic E-state index is -2.29. The molecular weight excluding hydrogens is 815 g/mol. The van der Waals surface area contributed by atoms with Gasteiger partial charge in [-0.25, -0.2) is 0 Å². The topological polar surface area (TPSA) is 81.7 Å². The van der Waals surface area contributed by atoms with Gasteiger partial charge in [-0.1, -0.05) is 19.1 Å². The van der Waals surface area contributed by atoms with Gasteiger partial charge in [-0.2, -0.15) is 0 Å². The van der Waals surface area contributed by atoms with Crippen LogP contribution in [-0.4, -0.2) is 84.9 Å². The molecule has 0 heterocycles. The van der Waals surface area contributed by atoms with Crippen LogP contribution in [0.4, 0.5) is 0 Å². The number of carbonyl (C=O) groups excluding carboxylic acids is 1. The molecule has 1 unspecified atom stereocenters. The summed E-state index contributed by atoms with van der Waals surface area (Å²) >= 11 is -2.27. The molecule has 0 amide bonds. The summed E-state index contributed by atoms with van der Waals surface area (Å²) in [5.74, 6) is 0.760. The Morgan fingerprint density at radius 3 is 2.02 bits per heavy atom. The van der Waals surface area contributed by atoms with Gasteiger partial charge in [0.2, 0.25) is 0 Å². The van der Waals surface area contributed by atoms with Crippen molar-refractivity contribution in [3.63, 3.8) is 0 Å². The van der Waals surface area contributed by atoms with E-state index in [1.54, 1.807) is 14.2 Å². The van der Waals surface area contributed by atoms with Gasteiger partial charge in [-0.05, 0) is 31.0 Å².